The maximum absolute atomic E-state index is 13.6. The standard InChI is InChI=1S/C29H35N3O3S/c1-2-26-14-7-8-17-28(26)32(36(34,35)27-15-5-3-6-16-27)23-29(33)30-21-24-12-11-13-25(20-24)22-31-18-9-4-10-19-31/h3,5-8,11-17,20H,2,4,9-10,18-19,21-23H2,1H3,(H,30,33). The van der Waals surface area contributed by atoms with Crippen molar-refractivity contribution in [3.05, 3.63) is 95.6 Å². The highest BCUT2D eigenvalue weighted by molar-refractivity contribution is 7.92. The fraction of sp³-hybridized carbons (Fsp3) is 0.345. The Bertz CT molecular complexity index is 1260. The first-order valence-corrected chi connectivity index (χ1v) is 14.1. The van der Waals surface area contributed by atoms with Gasteiger partial charge in [0.15, 0.2) is 0 Å². The first-order chi connectivity index (χ1) is 17.5. The van der Waals surface area contributed by atoms with Crippen LogP contribution in [0.2, 0.25) is 0 Å². The zero-order valence-electron chi connectivity index (χ0n) is 20.9. The Labute approximate surface area is 215 Å². The second kappa shape index (κ2) is 12.2. The molecule has 3 aromatic rings. The number of amides is 1. The van der Waals surface area contributed by atoms with Crippen LogP contribution in [0.3, 0.4) is 0 Å². The molecule has 1 aliphatic heterocycles. The van der Waals surface area contributed by atoms with E-state index in [4.69, 9.17) is 0 Å². The van der Waals surface area contributed by atoms with Gasteiger partial charge in [-0.2, -0.15) is 0 Å². The lowest BCUT2D eigenvalue weighted by Gasteiger charge is -2.26. The van der Waals surface area contributed by atoms with E-state index in [2.05, 4.69) is 22.3 Å². The fourth-order valence-electron chi connectivity index (χ4n) is 4.67. The van der Waals surface area contributed by atoms with Crippen molar-refractivity contribution in [2.75, 3.05) is 23.9 Å². The fourth-order valence-corrected chi connectivity index (χ4v) is 6.15. The highest BCUT2D eigenvalue weighted by Crippen LogP contribution is 2.27. The second-order valence-electron chi connectivity index (χ2n) is 9.24. The average molecular weight is 506 g/mol. The number of carbonyl (C=O) groups is 1. The Morgan fingerprint density at radius 1 is 0.889 bits per heavy atom. The first kappa shape index (κ1) is 25.9. The number of benzene rings is 3. The number of carbonyl (C=O) groups excluding carboxylic acids is 1. The summed E-state index contributed by atoms with van der Waals surface area (Å²) in [4.78, 5) is 15.7. The summed E-state index contributed by atoms with van der Waals surface area (Å²) in [7, 11) is -3.92. The molecule has 0 unspecified atom stereocenters. The van der Waals surface area contributed by atoms with E-state index in [-0.39, 0.29) is 17.3 Å². The predicted octanol–water partition coefficient (Wildman–Crippen LogP) is 4.75. The van der Waals surface area contributed by atoms with Gasteiger partial charge in [0, 0.05) is 13.1 Å². The number of anilines is 1. The molecule has 0 bridgehead atoms. The highest BCUT2D eigenvalue weighted by Gasteiger charge is 2.28. The summed E-state index contributed by atoms with van der Waals surface area (Å²) >= 11 is 0. The van der Waals surface area contributed by atoms with Crippen molar-refractivity contribution in [3.8, 4) is 0 Å². The molecule has 190 valence electrons. The van der Waals surface area contributed by atoms with E-state index in [9.17, 15) is 13.2 Å². The van der Waals surface area contributed by atoms with Crippen LogP contribution < -0.4 is 9.62 Å². The Morgan fingerprint density at radius 3 is 2.33 bits per heavy atom. The van der Waals surface area contributed by atoms with Crippen LogP contribution in [0.5, 0.6) is 0 Å². The maximum Gasteiger partial charge on any atom is 0.264 e. The number of likely N-dealkylation sites (tertiary alicyclic amines) is 1. The Balaban J connectivity index is 1.48. The van der Waals surface area contributed by atoms with E-state index in [1.807, 2.05) is 31.2 Å². The maximum atomic E-state index is 13.6. The van der Waals surface area contributed by atoms with Gasteiger partial charge in [-0.3, -0.25) is 14.0 Å². The molecule has 4 rings (SSSR count). The normalized spacial score (nSPS) is 14.4. The lowest BCUT2D eigenvalue weighted by molar-refractivity contribution is -0.119. The molecule has 36 heavy (non-hydrogen) atoms. The molecule has 0 atom stereocenters. The van der Waals surface area contributed by atoms with E-state index in [1.165, 1.54) is 29.1 Å². The molecular weight excluding hydrogens is 470 g/mol. The molecule has 0 saturated carbocycles. The van der Waals surface area contributed by atoms with Crippen LogP contribution in [0.1, 0.15) is 42.9 Å². The predicted molar refractivity (Wildman–Crippen MR) is 144 cm³/mol. The number of nitrogens with zero attached hydrogens (tertiary/aromatic N) is 2. The monoisotopic (exact) mass is 505 g/mol. The summed E-state index contributed by atoms with van der Waals surface area (Å²) in [6.07, 6.45) is 4.46. The lowest BCUT2D eigenvalue weighted by Crippen LogP contribution is -2.41. The molecule has 0 radical (unpaired) electrons. The van der Waals surface area contributed by atoms with Gasteiger partial charge in [-0.25, -0.2) is 8.42 Å². The zero-order chi connectivity index (χ0) is 25.4. The van der Waals surface area contributed by atoms with Crippen molar-refractivity contribution >= 4 is 21.6 Å². The van der Waals surface area contributed by atoms with Crippen molar-refractivity contribution in [1.82, 2.24) is 10.2 Å². The smallest absolute Gasteiger partial charge is 0.264 e. The molecule has 1 amide bonds. The van der Waals surface area contributed by atoms with Gasteiger partial charge in [0.05, 0.1) is 10.6 Å². The summed E-state index contributed by atoms with van der Waals surface area (Å²) < 4.78 is 28.4. The molecule has 1 saturated heterocycles. The van der Waals surface area contributed by atoms with Gasteiger partial charge >= 0.3 is 0 Å². The minimum absolute atomic E-state index is 0.161. The SMILES string of the molecule is CCc1ccccc1N(CC(=O)NCc1cccc(CN2CCCCC2)c1)S(=O)(=O)c1ccccc1. The van der Waals surface area contributed by atoms with Crippen LogP contribution in [0.15, 0.2) is 83.8 Å². The quantitative estimate of drug-likeness (QED) is 0.432. The van der Waals surface area contributed by atoms with Gasteiger partial charge < -0.3 is 5.32 Å². The lowest BCUT2D eigenvalue weighted by atomic mass is 10.1. The van der Waals surface area contributed by atoms with Crippen LogP contribution in [0.25, 0.3) is 0 Å². The molecule has 3 aromatic carbocycles. The molecule has 1 heterocycles. The molecule has 6 nitrogen and oxygen atoms in total. The van der Waals surface area contributed by atoms with Gasteiger partial charge in [0.2, 0.25) is 5.91 Å². The number of hydrogen-bond acceptors (Lipinski definition) is 4. The Kier molecular flexibility index (Phi) is 8.78. The Hall–Kier alpha value is -3.16. The molecule has 7 heteroatoms. The van der Waals surface area contributed by atoms with E-state index in [0.717, 1.165) is 30.8 Å². The molecule has 0 aromatic heterocycles. The number of nitrogens with one attached hydrogen (secondary N) is 1. The van der Waals surface area contributed by atoms with Crippen molar-refractivity contribution in [1.29, 1.82) is 0 Å². The minimum atomic E-state index is -3.92. The third-order valence-electron chi connectivity index (χ3n) is 6.60. The van der Waals surface area contributed by atoms with Gasteiger partial charge in [-0.15, -0.1) is 0 Å². The summed E-state index contributed by atoms with van der Waals surface area (Å²) in [5.74, 6) is -0.346. The summed E-state index contributed by atoms with van der Waals surface area (Å²) in [5.41, 5.74) is 3.64. The first-order valence-electron chi connectivity index (χ1n) is 12.7. The summed E-state index contributed by atoms with van der Waals surface area (Å²) in [5, 5.41) is 2.93. The van der Waals surface area contributed by atoms with Gasteiger partial charge in [0.1, 0.15) is 6.54 Å². The van der Waals surface area contributed by atoms with Crippen LogP contribution >= 0.6 is 0 Å². The number of piperidine rings is 1. The van der Waals surface area contributed by atoms with E-state index in [1.54, 1.807) is 42.5 Å². The van der Waals surface area contributed by atoms with E-state index in [0.29, 0.717) is 18.7 Å². The highest BCUT2D eigenvalue weighted by atomic mass is 32.2. The van der Waals surface area contributed by atoms with Gasteiger partial charge in [-0.1, -0.05) is 74.0 Å². The number of aryl methyl sites for hydroxylation is 1. The molecule has 1 N–H and O–H groups in total. The molecule has 0 spiro atoms. The van der Waals surface area contributed by atoms with Crippen LogP contribution in [0.4, 0.5) is 5.69 Å². The minimum Gasteiger partial charge on any atom is -0.350 e. The van der Waals surface area contributed by atoms with Crippen LogP contribution in [-0.4, -0.2) is 38.9 Å². The van der Waals surface area contributed by atoms with Crippen molar-refractivity contribution in [2.24, 2.45) is 0 Å². The van der Waals surface area contributed by atoms with Crippen molar-refractivity contribution in [2.45, 2.75) is 50.6 Å². The van der Waals surface area contributed by atoms with E-state index >= 15 is 0 Å². The molecule has 0 aliphatic carbocycles. The number of hydrogen-bond donors (Lipinski definition) is 1. The Morgan fingerprint density at radius 2 is 1.58 bits per heavy atom. The van der Waals surface area contributed by atoms with Crippen LogP contribution in [-0.2, 0) is 34.3 Å². The second-order valence-corrected chi connectivity index (χ2v) is 11.1. The number of rotatable bonds is 10. The topological polar surface area (TPSA) is 69.7 Å². The van der Waals surface area contributed by atoms with Gasteiger partial charge in [0.25, 0.3) is 10.0 Å². The van der Waals surface area contributed by atoms with Crippen molar-refractivity contribution in [3.63, 3.8) is 0 Å². The van der Waals surface area contributed by atoms with Gasteiger partial charge in [-0.05, 0) is 67.2 Å². The third kappa shape index (κ3) is 6.53. The number of sulfonamides is 1. The largest absolute Gasteiger partial charge is 0.350 e. The summed E-state index contributed by atoms with van der Waals surface area (Å²) in [6.45, 7) is 5.21. The van der Waals surface area contributed by atoms with Crippen LogP contribution in [0, 0.1) is 0 Å². The summed E-state index contributed by atoms with van der Waals surface area (Å²) in [6, 6.07) is 23.9. The van der Waals surface area contributed by atoms with E-state index < -0.39 is 10.0 Å². The molecule has 1 fully saturated rings. The van der Waals surface area contributed by atoms with Crippen molar-refractivity contribution < 1.29 is 13.2 Å². The zero-order valence-corrected chi connectivity index (χ0v) is 21.7. The average Bonchev–Trinajstić information content (AvgIpc) is 2.92. The third-order valence-corrected chi connectivity index (χ3v) is 8.37. The molecular formula is C29H35N3O3S. The number of para-hydroxylation sites is 1. The molecule has 1 aliphatic rings.